The molecule has 2 aromatic carbocycles. The molecule has 0 radical (unpaired) electrons. The van der Waals surface area contributed by atoms with Crippen LogP contribution < -0.4 is 15.4 Å². The van der Waals surface area contributed by atoms with Crippen LogP contribution in [0.1, 0.15) is 17.3 Å². The van der Waals surface area contributed by atoms with Gasteiger partial charge in [0.2, 0.25) is 11.8 Å². The minimum Gasteiger partial charge on any atom is -0.497 e. The molecule has 2 amide bonds. The molecular formula is C20H18N4O4. The lowest BCUT2D eigenvalue weighted by Gasteiger charge is -2.08. The number of nitrogens with zero attached hydrogens (tertiary/aromatic N) is 2. The highest BCUT2D eigenvalue weighted by Crippen LogP contribution is 2.23. The number of carbonyl (C=O) groups is 2. The van der Waals surface area contributed by atoms with E-state index < -0.39 is 5.91 Å². The fourth-order valence-corrected chi connectivity index (χ4v) is 2.40. The molecule has 0 atom stereocenters. The summed E-state index contributed by atoms with van der Waals surface area (Å²) in [6, 6.07) is 13.6. The van der Waals surface area contributed by atoms with Gasteiger partial charge in [-0.25, -0.2) is 0 Å². The van der Waals surface area contributed by atoms with Crippen LogP contribution in [0.4, 0.5) is 11.7 Å². The van der Waals surface area contributed by atoms with Crippen molar-refractivity contribution in [3.8, 4) is 17.2 Å². The van der Waals surface area contributed by atoms with Gasteiger partial charge in [-0.15, -0.1) is 5.10 Å². The number of allylic oxidation sites excluding steroid dienone is 1. The lowest BCUT2D eigenvalue weighted by molar-refractivity contribution is -0.111. The third kappa shape index (κ3) is 4.42. The third-order valence-electron chi connectivity index (χ3n) is 3.73. The molecule has 8 nitrogen and oxygen atoms in total. The molecule has 0 saturated carbocycles. The van der Waals surface area contributed by atoms with E-state index in [1.54, 1.807) is 68.6 Å². The largest absolute Gasteiger partial charge is 0.497 e. The number of aromatic nitrogens is 2. The Morgan fingerprint density at radius 2 is 1.79 bits per heavy atom. The Hall–Kier alpha value is -3.94. The highest BCUT2D eigenvalue weighted by molar-refractivity contribution is 6.10. The number of nitrogens with one attached hydrogen (secondary N) is 2. The standard InChI is InChI=1S/C20H18N4O4/c1-3-6-17(25)21-16-8-5-4-7-15(16)18(26)22-20-24-23-19(28-20)13-9-11-14(27-2)12-10-13/h3-12H,1-2H3,(H,21,25)(H,22,24,26)/b6-3+. The first-order valence-electron chi connectivity index (χ1n) is 8.42. The normalized spacial score (nSPS) is 10.6. The zero-order valence-corrected chi connectivity index (χ0v) is 15.3. The summed E-state index contributed by atoms with van der Waals surface area (Å²) in [5.74, 6) is 0.143. The first-order valence-corrected chi connectivity index (χ1v) is 8.42. The van der Waals surface area contributed by atoms with Gasteiger partial charge in [-0.3, -0.25) is 14.9 Å². The molecule has 3 aromatic rings. The first-order chi connectivity index (χ1) is 13.6. The SMILES string of the molecule is C/C=C/C(=O)Nc1ccccc1C(=O)Nc1nnc(-c2ccc(OC)cc2)o1. The summed E-state index contributed by atoms with van der Waals surface area (Å²) in [6.07, 6.45) is 2.98. The second-order valence-electron chi connectivity index (χ2n) is 5.63. The molecule has 0 aliphatic heterocycles. The Morgan fingerprint density at radius 3 is 2.50 bits per heavy atom. The molecule has 0 fully saturated rings. The van der Waals surface area contributed by atoms with E-state index >= 15 is 0 Å². The number of benzene rings is 2. The second kappa shape index (κ2) is 8.63. The molecule has 0 aliphatic rings. The third-order valence-corrected chi connectivity index (χ3v) is 3.73. The van der Waals surface area contributed by atoms with Gasteiger partial charge in [-0.1, -0.05) is 23.3 Å². The minimum absolute atomic E-state index is 0.0506. The van der Waals surface area contributed by atoms with Crippen LogP contribution in [-0.4, -0.2) is 29.1 Å². The number of para-hydroxylation sites is 1. The van der Waals surface area contributed by atoms with Gasteiger partial charge in [0.05, 0.1) is 18.4 Å². The highest BCUT2D eigenvalue weighted by atomic mass is 16.5. The number of methoxy groups -OCH3 is 1. The van der Waals surface area contributed by atoms with Crippen molar-refractivity contribution >= 4 is 23.5 Å². The molecule has 0 saturated heterocycles. The molecule has 28 heavy (non-hydrogen) atoms. The Bertz CT molecular complexity index is 1010. The van der Waals surface area contributed by atoms with Crippen LogP contribution in [0.3, 0.4) is 0 Å². The van der Waals surface area contributed by atoms with Gasteiger partial charge in [-0.2, -0.15) is 0 Å². The zero-order chi connectivity index (χ0) is 19.9. The smallest absolute Gasteiger partial charge is 0.322 e. The summed E-state index contributed by atoms with van der Waals surface area (Å²) < 4.78 is 10.6. The maximum Gasteiger partial charge on any atom is 0.322 e. The molecule has 0 unspecified atom stereocenters. The molecule has 3 rings (SSSR count). The summed E-state index contributed by atoms with van der Waals surface area (Å²) in [7, 11) is 1.58. The summed E-state index contributed by atoms with van der Waals surface area (Å²) in [5, 5.41) is 13.0. The minimum atomic E-state index is -0.485. The molecule has 142 valence electrons. The fourth-order valence-electron chi connectivity index (χ4n) is 2.40. The number of hydrogen-bond acceptors (Lipinski definition) is 6. The lowest BCUT2D eigenvalue weighted by Crippen LogP contribution is -2.17. The maximum absolute atomic E-state index is 12.6. The highest BCUT2D eigenvalue weighted by Gasteiger charge is 2.16. The van der Waals surface area contributed by atoms with Crippen LogP contribution in [0.5, 0.6) is 5.75 Å². The van der Waals surface area contributed by atoms with Crippen LogP contribution in [-0.2, 0) is 4.79 Å². The Labute approximate surface area is 161 Å². The predicted octanol–water partition coefficient (Wildman–Crippen LogP) is 3.51. The topological polar surface area (TPSA) is 106 Å². The monoisotopic (exact) mass is 378 g/mol. The van der Waals surface area contributed by atoms with Crippen LogP contribution in [0, 0.1) is 0 Å². The van der Waals surface area contributed by atoms with Crippen LogP contribution in [0.15, 0.2) is 65.1 Å². The fraction of sp³-hybridized carbons (Fsp3) is 0.100. The second-order valence-corrected chi connectivity index (χ2v) is 5.63. The van der Waals surface area contributed by atoms with E-state index in [1.165, 1.54) is 6.08 Å². The quantitative estimate of drug-likeness (QED) is 0.636. The van der Waals surface area contributed by atoms with Gasteiger partial charge in [-0.05, 0) is 49.4 Å². The number of rotatable bonds is 6. The molecule has 0 spiro atoms. The van der Waals surface area contributed by atoms with Gasteiger partial charge < -0.3 is 14.5 Å². The van der Waals surface area contributed by atoms with E-state index in [0.717, 1.165) is 0 Å². The average Bonchev–Trinajstić information content (AvgIpc) is 3.17. The van der Waals surface area contributed by atoms with Crippen LogP contribution in [0.2, 0.25) is 0 Å². The number of anilines is 2. The van der Waals surface area contributed by atoms with Gasteiger partial charge in [0.1, 0.15) is 5.75 Å². The van der Waals surface area contributed by atoms with E-state index in [1.807, 2.05) is 0 Å². The summed E-state index contributed by atoms with van der Waals surface area (Å²) in [6.45, 7) is 1.73. The summed E-state index contributed by atoms with van der Waals surface area (Å²) in [4.78, 5) is 24.4. The Kier molecular flexibility index (Phi) is 5.81. The van der Waals surface area contributed by atoms with Gasteiger partial charge >= 0.3 is 6.01 Å². The van der Waals surface area contributed by atoms with Gasteiger partial charge in [0.25, 0.3) is 5.91 Å². The molecule has 1 aromatic heterocycles. The zero-order valence-electron chi connectivity index (χ0n) is 15.3. The first kappa shape index (κ1) is 18.8. The van der Waals surface area contributed by atoms with Crippen molar-refractivity contribution in [1.29, 1.82) is 0 Å². The van der Waals surface area contributed by atoms with Gasteiger partial charge in [0, 0.05) is 5.56 Å². The molecule has 0 bridgehead atoms. The molecule has 8 heteroatoms. The van der Waals surface area contributed by atoms with Crippen molar-refractivity contribution < 1.29 is 18.7 Å². The Balaban J connectivity index is 1.75. The maximum atomic E-state index is 12.6. The van der Waals surface area contributed by atoms with Gasteiger partial charge in [0.15, 0.2) is 0 Å². The molecule has 1 heterocycles. The number of carbonyl (C=O) groups excluding carboxylic acids is 2. The van der Waals surface area contributed by atoms with Crippen molar-refractivity contribution in [3.63, 3.8) is 0 Å². The van der Waals surface area contributed by atoms with E-state index in [4.69, 9.17) is 9.15 Å². The van der Waals surface area contributed by atoms with Crippen molar-refractivity contribution in [3.05, 3.63) is 66.2 Å². The van der Waals surface area contributed by atoms with E-state index in [-0.39, 0.29) is 23.4 Å². The van der Waals surface area contributed by atoms with Crippen LogP contribution >= 0.6 is 0 Å². The van der Waals surface area contributed by atoms with E-state index in [2.05, 4.69) is 20.8 Å². The summed E-state index contributed by atoms with van der Waals surface area (Å²) >= 11 is 0. The van der Waals surface area contributed by atoms with Crippen molar-refractivity contribution in [2.45, 2.75) is 6.92 Å². The number of hydrogen-bond donors (Lipinski definition) is 2. The van der Waals surface area contributed by atoms with E-state index in [0.29, 0.717) is 17.0 Å². The van der Waals surface area contributed by atoms with E-state index in [9.17, 15) is 9.59 Å². The van der Waals surface area contributed by atoms with Crippen molar-refractivity contribution in [2.75, 3.05) is 17.7 Å². The average molecular weight is 378 g/mol. The Morgan fingerprint density at radius 1 is 1.04 bits per heavy atom. The summed E-state index contributed by atoms with van der Waals surface area (Å²) in [5.41, 5.74) is 1.33. The molecular weight excluding hydrogens is 360 g/mol. The number of ether oxygens (including phenoxy) is 1. The van der Waals surface area contributed by atoms with Crippen molar-refractivity contribution in [2.24, 2.45) is 0 Å². The molecule has 2 N–H and O–H groups in total. The predicted molar refractivity (Wildman–Crippen MR) is 104 cm³/mol. The lowest BCUT2D eigenvalue weighted by atomic mass is 10.1. The molecule has 0 aliphatic carbocycles. The van der Waals surface area contributed by atoms with Crippen LogP contribution in [0.25, 0.3) is 11.5 Å². The van der Waals surface area contributed by atoms with Crippen molar-refractivity contribution in [1.82, 2.24) is 10.2 Å². The number of amides is 2.